The van der Waals surface area contributed by atoms with Gasteiger partial charge in [0.15, 0.2) is 0 Å². The molecule has 0 aliphatic carbocycles. The van der Waals surface area contributed by atoms with Gasteiger partial charge in [0.05, 0.1) is 17.8 Å². The van der Waals surface area contributed by atoms with Crippen LogP contribution >= 0.6 is 11.3 Å². The van der Waals surface area contributed by atoms with Crippen LogP contribution in [-0.2, 0) is 4.84 Å². The summed E-state index contributed by atoms with van der Waals surface area (Å²) in [5.74, 6) is -0.0599. The molecule has 1 aliphatic rings. The normalized spacial score (nSPS) is 17.1. The molecule has 0 bridgehead atoms. The van der Waals surface area contributed by atoms with E-state index < -0.39 is 0 Å². The van der Waals surface area contributed by atoms with Crippen LogP contribution in [0, 0.1) is 6.92 Å². The van der Waals surface area contributed by atoms with Gasteiger partial charge in [-0.15, -0.1) is 11.3 Å². The van der Waals surface area contributed by atoms with Crippen molar-refractivity contribution in [2.75, 3.05) is 13.2 Å². The molecule has 0 aromatic carbocycles. The van der Waals surface area contributed by atoms with Gasteiger partial charge < -0.3 is 0 Å². The SMILES string of the molecule is Cc1ncc(C(=O)N2CCCCO2)s1. The van der Waals surface area contributed by atoms with Crippen molar-refractivity contribution in [1.82, 2.24) is 10.0 Å². The fourth-order valence-electron chi connectivity index (χ4n) is 1.34. The summed E-state index contributed by atoms with van der Waals surface area (Å²) in [5.41, 5.74) is 0. The summed E-state index contributed by atoms with van der Waals surface area (Å²) in [6.45, 7) is 3.22. The molecule has 2 heterocycles. The fraction of sp³-hybridized carbons (Fsp3) is 0.556. The number of amides is 1. The summed E-state index contributed by atoms with van der Waals surface area (Å²) < 4.78 is 0. The quantitative estimate of drug-likeness (QED) is 0.710. The minimum absolute atomic E-state index is 0.0599. The van der Waals surface area contributed by atoms with Gasteiger partial charge in [0.25, 0.3) is 5.91 Å². The van der Waals surface area contributed by atoms with E-state index in [0.717, 1.165) is 17.8 Å². The largest absolute Gasteiger partial charge is 0.289 e. The van der Waals surface area contributed by atoms with E-state index >= 15 is 0 Å². The lowest BCUT2D eigenvalue weighted by molar-refractivity contribution is -0.144. The van der Waals surface area contributed by atoms with Crippen LogP contribution in [0.25, 0.3) is 0 Å². The third-order valence-electron chi connectivity index (χ3n) is 2.06. The highest BCUT2D eigenvalue weighted by Gasteiger charge is 2.20. The minimum Gasteiger partial charge on any atom is -0.271 e. The van der Waals surface area contributed by atoms with E-state index in [0.29, 0.717) is 18.0 Å². The molecule has 1 amide bonds. The van der Waals surface area contributed by atoms with Gasteiger partial charge >= 0.3 is 0 Å². The van der Waals surface area contributed by atoms with E-state index in [2.05, 4.69) is 4.98 Å². The Bertz CT molecular complexity index is 331. The van der Waals surface area contributed by atoms with Crippen LogP contribution in [-0.4, -0.2) is 29.1 Å². The number of hydrogen-bond acceptors (Lipinski definition) is 4. The second-order valence-electron chi connectivity index (χ2n) is 3.19. The highest BCUT2D eigenvalue weighted by Crippen LogP contribution is 2.16. The third kappa shape index (κ3) is 1.93. The molecule has 1 aromatic rings. The monoisotopic (exact) mass is 212 g/mol. The van der Waals surface area contributed by atoms with Crippen molar-refractivity contribution in [3.05, 3.63) is 16.1 Å². The number of carbonyl (C=O) groups excluding carboxylic acids is 1. The van der Waals surface area contributed by atoms with Crippen LogP contribution in [0.15, 0.2) is 6.20 Å². The van der Waals surface area contributed by atoms with Crippen molar-refractivity contribution in [2.45, 2.75) is 19.8 Å². The van der Waals surface area contributed by atoms with Gasteiger partial charge in [-0.3, -0.25) is 9.63 Å². The highest BCUT2D eigenvalue weighted by molar-refractivity contribution is 7.13. The Hall–Kier alpha value is -0.940. The molecule has 0 N–H and O–H groups in total. The van der Waals surface area contributed by atoms with E-state index in [1.165, 1.54) is 16.4 Å². The van der Waals surface area contributed by atoms with Crippen molar-refractivity contribution in [2.24, 2.45) is 0 Å². The zero-order valence-electron chi connectivity index (χ0n) is 8.02. The van der Waals surface area contributed by atoms with Crippen LogP contribution in [0.1, 0.15) is 27.5 Å². The average molecular weight is 212 g/mol. The molecule has 0 radical (unpaired) electrons. The van der Waals surface area contributed by atoms with Crippen LogP contribution in [0.4, 0.5) is 0 Å². The van der Waals surface area contributed by atoms with Gasteiger partial charge in [0.1, 0.15) is 4.88 Å². The summed E-state index contributed by atoms with van der Waals surface area (Å²) in [7, 11) is 0. The second kappa shape index (κ2) is 4.06. The summed E-state index contributed by atoms with van der Waals surface area (Å²) in [6, 6.07) is 0. The number of thiazole rings is 1. The number of aryl methyl sites for hydroxylation is 1. The molecule has 5 heteroatoms. The molecule has 0 atom stereocenters. The molecule has 0 saturated carbocycles. The summed E-state index contributed by atoms with van der Waals surface area (Å²) in [6.07, 6.45) is 3.66. The zero-order chi connectivity index (χ0) is 9.97. The zero-order valence-corrected chi connectivity index (χ0v) is 8.84. The Kier molecular flexibility index (Phi) is 2.79. The molecule has 4 nitrogen and oxygen atoms in total. The van der Waals surface area contributed by atoms with E-state index in [1.807, 2.05) is 6.92 Å². The first-order valence-electron chi connectivity index (χ1n) is 4.64. The summed E-state index contributed by atoms with van der Waals surface area (Å²) in [4.78, 5) is 21.8. The van der Waals surface area contributed by atoms with Gasteiger partial charge in [0.2, 0.25) is 0 Å². The molecule has 0 spiro atoms. The molecule has 0 unspecified atom stereocenters. The lowest BCUT2D eigenvalue weighted by Gasteiger charge is -2.24. The summed E-state index contributed by atoms with van der Waals surface area (Å²) >= 11 is 1.41. The highest BCUT2D eigenvalue weighted by atomic mass is 32.1. The fourth-order valence-corrected chi connectivity index (χ4v) is 2.06. The van der Waals surface area contributed by atoms with Gasteiger partial charge in [-0.05, 0) is 19.8 Å². The van der Waals surface area contributed by atoms with Crippen LogP contribution < -0.4 is 0 Å². The molecular weight excluding hydrogens is 200 g/mol. The van der Waals surface area contributed by atoms with E-state index in [9.17, 15) is 4.79 Å². The van der Waals surface area contributed by atoms with E-state index in [1.54, 1.807) is 6.20 Å². The van der Waals surface area contributed by atoms with Crippen LogP contribution in [0.3, 0.4) is 0 Å². The first-order chi connectivity index (χ1) is 6.77. The molecule has 1 aromatic heterocycles. The molecule has 1 saturated heterocycles. The van der Waals surface area contributed by atoms with E-state index in [-0.39, 0.29) is 5.91 Å². The lowest BCUT2D eigenvalue weighted by atomic mass is 10.3. The average Bonchev–Trinajstić information content (AvgIpc) is 2.65. The summed E-state index contributed by atoms with van der Waals surface area (Å²) in [5, 5.41) is 2.35. The molecular formula is C9H12N2O2S. The van der Waals surface area contributed by atoms with E-state index in [4.69, 9.17) is 4.84 Å². The minimum atomic E-state index is -0.0599. The molecule has 1 fully saturated rings. The van der Waals surface area contributed by atoms with Crippen molar-refractivity contribution in [1.29, 1.82) is 0 Å². The van der Waals surface area contributed by atoms with Gasteiger partial charge in [-0.25, -0.2) is 10.0 Å². The van der Waals surface area contributed by atoms with Crippen molar-refractivity contribution >= 4 is 17.2 Å². The first kappa shape index (κ1) is 9.61. The molecule has 2 rings (SSSR count). The number of aromatic nitrogens is 1. The predicted molar refractivity (Wildman–Crippen MR) is 53.1 cm³/mol. The van der Waals surface area contributed by atoms with Gasteiger partial charge in [-0.2, -0.15) is 0 Å². The second-order valence-corrected chi connectivity index (χ2v) is 4.43. The smallest absolute Gasteiger partial charge is 0.271 e. The third-order valence-corrected chi connectivity index (χ3v) is 2.96. The van der Waals surface area contributed by atoms with Gasteiger partial charge in [0, 0.05) is 6.54 Å². The maximum atomic E-state index is 11.8. The Morgan fingerprint density at radius 2 is 2.50 bits per heavy atom. The molecule has 14 heavy (non-hydrogen) atoms. The molecule has 1 aliphatic heterocycles. The maximum Gasteiger partial charge on any atom is 0.289 e. The predicted octanol–water partition coefficient (Wildman–Crippen LogP) is 1.62. The lowest BCUT2D eigenvalue weighted by Crippen LogP contribution is -2.35. The Labute approximate surface area is 86.5 Å². The van der Waals surface area contributed by atoms with Crippen LogP contribution in [0.5, 0.6) is 0 Å². The van der Waals surface area contributed by atoms with Crippen molar-refractivity contribution in [3.8, 4) is 0 Å². The number of hydroxylamine groups is 2. The number of hydrogen-bond donors (Lipinski definition) is 0. The molecule has 76 valence electrons. The number of rotatable bonds is 1. The van der Waals surface area contributed by atoms with Crippen molar-refractivity contribution in [3.63, 3.8) is 0 Å². The first-order valence-corrected chi connectivity index (χ1v) is 5.46. The Balaban J connectivity index is 2.07. The standard InChI is InChI=1S/C9H12N2O2S/c1-7-10-6-8(14-7)9(12)11-4-2-3-5-13-11/h6H,2-5H2,1H3. The van der Waals surface area contributed by atoms with Crippen LogP contribution in [0.2, 0.25) is 0 Å². The van der Waals surface area contributed by atoms with Gasteiger partial charge in [-0.1, -0.05) is 0 Å². The number of carbonyl (C=O) groups is 1. The number of nitrogens with zero attached hydrogens (tertiary/aromatic N) is 2. The Morgan fingerprint density at radius 1 is 1.64 bits per heavy atom. The topological polar surface area (TPSA) is 42.4 Å². The maximum absolute atomic E-state index is 11.8. The van der Waals surface area contributed by atoms with Crippen molar-refractivity contribution < 1.29 is 9.63 Å². The Morgan fingerprint density at radius 3 is 3.07 bits per heavy atom.